The molecule has 0 aliphatic rings. The summed E-state index contributed by atoms with van der Waals surface area (Å²) in [5.74, 6) is 0.335. The Labute approximate surface area is 98.7 Å². The fourth-order valence-corrected chi connectivity index (χ4v) is 1.78. The van der Waals surface area contributed by atoms with Crippen LogP contribution in [0.4, 0.5) is 0 Å². The summed E-state index contributed by atoms with van der Waals surface area (Å²) in [6.45, 7) is 5.35. The number of phenolic OH excluding ortho intramolecular Hbond substituents is 1. The third kappa shape index (κ3) is 4.67. The van der Waals surface area contributed by atoms with Gasteiger partial charge in [0.1, 0.15) is 5.75 Å². The first-order valence-corrected chi connectivity index (χ1v) is 6.27. The molecule has 2 N–H and O–H groups in total. The topological polar surface area (TPSA) is 32.3 Å². The van der Waals surface area contributed by atoms with Crippen molar-refractivity contribution in [3.63, 3.8) is 0 Å². The second kappa shape index (κ2) is 7.29. The van der Waals surface area contributed by atoms with Crippen molar-refractivity contribution in [3.05, 3.63) is 29.8 Å². The van der Waals surface area contributed by atoms with Crippen molar-refractivity contribution in [2.24, 2.45) is 0 Å². The van der Waals surface area contributed by atoms with E-state index in [1.54, 1.807) is 12.1 Å². The van der Waals surface area contributed by atoms with Crippen LogP contribution in [0.1, 0.15) is 45.1 Å². The summed E-state index contributed by atoms with van der Waals surface area (Å²) in [5.41, 5.74) is 1.23. The zero-order valence-electron chi connectivity index (χ0n) is 10.4. The number of hydrogen-bond acceptors (Lipinski definition) is 2. The average molecular weight is 221 g/mol. The highest BCUT2D eigenvalue weighted by atomic mass is 16.3. The van der Waals surface area contributed by atoms with Gasteiger partial charge in [-0.3, -0.25) is 0 Å². The predicted octanol–water partition coefficient (Wildman–Crippen LogP) is 3.45. The van der Waals surface area contributed by atoms with Gasteiger partial charge in [-0.1, -0.05) is 38.8 Å². The lowest BCUT2D eigenvalue weighted by molar-refractivity contribution is 0.451. The Hall–Kier alpha value is -1.02. The van der Waals surface area contributed by atoms with Crippen molar-refractivity contribution in [1.29, 1.82) is 0 Å². The van der Waals surface area contributed by atoms with Gasteiger partial charge in [-0.25, -0.2) is 0 Å². The van der Waals surface area contributed by atoms with E-state index in [0.29, 0.717) is 11.8 Å². The average Bonchev–Trinajstić information content (AvgIpc) is 2.32. The number of nitrogens with one attached hydrogen (secondary N) is 1. The second-order valence-electron chi connectivity index (χ2n) is 4.29. The van der Waals surface area contributed by atoms with E-state index < -0.39 is 0 Å². The minimum Gasteiger partial charge on any atom is -0.508 e. The normalized spacial score (nSPS) is 12.6. The van der Waals surface area contributed by atoms with Gasteiger partial charge in [0.15, 0.2) is 0 Å². The van der Waals surface area contributed by atoms with E-state index >= 15 is 0 Å². The first kappa shape index (κ1) is 13.0. The van der Waals surface area contributed by atoms with Gasteiger partial charge in [-0.05, 0) is 30.5 Å². The summed E-state index contributed by atoms with van der Waals surface area (Å²) in [5, 5.41) is 12.7. The SMILES string of the molecule is CCCCC(CC)NCc1ccc(O)cc1. The second-order valence-corrected chi connectivity index (χ2v) is 4.29. The van der Waals surface area contributed by atoms with Crippen LogP contribution < -0.4 is 5.32 Å². The number of benzene rings is 1. The fourth-order valence-electron chi connectivity index (χ4n) is 1.78. The minimum atomic E-state index is 0.335. The first-order chi connectivity index (χ1) is 7.76. The molecular weight excluding hydrogens is 198 g/mol. The monoisotopic (exact) mass is 221 g/mol. The minimum absolute atomic E-state index is 0.335. The molecule has 1 unspecified atom stereocenters. The Morgan fingerprint density at radius 2 is 1.88 bits per heavy atom. The van der Waals surface area contributed by atoms with Gasteiger partial charge >= 0.3 is 0 Å². The van der Waals surface area contributed by atoms with E-state index in [2.05, 4.69) is 19.2 Å². The van der Waals surface area contributed by atoms with Crippen LogP contribution in [0.25, 0.3) is 0 Å². The largest absolute Gasteiger partial charge is 0.508 e. The van der Waals surface area contributed by atoms with Crippen molar-refractivity contribution < 1.29 is 5.11 Å². The molecule has 0 saturated carbocycles. The molecule has 0 heterocycles. The standard InChI is InChI=1S/C14H23NO/c1-3-5-6-13(4-2)15-11-12-7-9-14(16)10-8-12/h7-10,13,15-16H,3-6,11H2,1-2H3. The molecule has 0 saturated heterocycles. The predicted molar refractivity (Wildman–Crippen MR) is 68.6 cm³/mol. The number of phenols is 1. The highest BCUT2D eigenvalue weighted by molar-refractivity contribution is 5.25. The molecular formula is C14H23NO. The molecule has 0 aliphatic heterocycles. The molecule has 0 bridgehead atoms. The third-order valence-electron chi connectivity index (χ3n) is 2.93. The summed E-state index contributed by atoms with van der Waals surface area (Å²) in [7, 11) is 0. The Morgan fingerprint density at radius 1 is 1.19 bits per heavy atom. The van der Waals surface area contributed by atoms with Crippen LogP contribution in [-0.2, 0) is 6.54 Å². The van der Waals surface area contributed by atoms with E-state index in [4.69, 9.17) is 0 Å². The Balaban J connectivity index is 2.34. The smallest absolute Gasteiger partial charge is 0.115 e. The molecule has 0 fully saturated rings. The third-order valence-corrected chi connectivity index (χ3v) is 2.93. The maximum Gasteiger partial charge on any atom is 0.115 e. The molecule has 0 spiro atoms. The van der Waals surface area contributed by atoms with Crippen LogP contribution in [0.2, 0.25) is 0 Å². The zero-order chi connectivity index (χ0) is 11.8. The number of unbranched alkanes of at least 4 members (excludes halogenated alkanes) is 1. The maximum atomic E-state index is 9.18. The molecule has 0 aromatic heterocycles. The maximum absolute atomic E-state index is 9.18. The van der Waals surface area contributed by atoms with E-state index in [0.717, 1.165) is 6.54 Å². The van der Waals surface area contributed by atoms with Crippen LogP contribution in [0, 0.1) is 0 Å². The van der Waals surface area contributed by atoms with Crippen molar-refractivity contribution in [3.8, 4) is 5.75 Å². The van der Waals surface area contributed by atoms with Crippen molar-refractivity contribution in [2.45, 2.75) is 52.1 Å². The van der Waals surface area contributed by atoms with E-state index in [1.807, 2.05) is 12.1 Å². The summed E-state index contributed by atoms with van der Waals surface area (Å²) < 4.78 is 0. The number of rotatable bonds is 7. The van der Waals surface area contributed by atoms with Crippen molar-refractivity contribution >= 4 is 0 Å². The molecule has 2 heteroatoms. The van der Waals surface area contributed by atoms with Gasteiger partial charge in [0.2, 0.25) is 0 Å². The first-order valence-electron chi connectivity index (χ1n) is 6.27. The van der Waals surface area contributed by atoms with Gasteiger partial charge in [0, 0.05) is 12.6 Å². The lowest BCUT2D eigenvalue weighted by atomic mass is 10.1. The van der Waals surface area contributed by atoms with Gasteiger partial charge in [0.25, 0.3) is 0 Å². The molecule has 1 aromatic carbocycles. The molecule has 90 valence electrons. The Morgan fingerprint density at radius 3 is 2.44 bits per heavy atom. The molecule has 1 rings (SSSR count). The Bertz CT molecular complexity index is 281. The van der Waals surface area contributed by atoms with Crippen LogP contribution in [0.15, 0.2) is 24.3 Å². The van der Waals surface area contributed by atoms with E-state index in [9.17, 15) is 5.11 Å². The summed E-state index contributed by atoms with van der Waals surface area (Å²) in [6, 6.07) is 8.03. The molecule has 0 radical (unpaired) electrons. The van der Waals surface area contributed by atoms with Crippen molar-refractivity contribution in [2.75, 3.05) is 0 Å². The summed E-state index contributed by atoms with van der Waals surface area (Å²) in [6.07, 6.45) is 4.99. The zero-order valence-corrected chi connectivity index (χ0v) is 10.4. The summed E-state index contributed by atoms with van der Waals surface area (Å²) >= 11 is 0. The number of aromatic hydroxyl groups is 1. The van der Waals surface area contributed by atoms with Gasteiger partial charge in [-0.2, -0.15) is 0 Å². The molecule has 0 amide bonds. The Kier molecular flexibility index (Phi) is 5.94. The molecule has 1 atom stereocenters. The van der Waals surface area contributed by atoms with Crippen LogP contribution >= 0.6 is 0 Å². The molecule has 16 heavy (non-hydrogen) atoms. The van der Waals surface area contributed by atoms with Crippen molar-refractivity contribution in [1.82, 2.24) is 5.32 Å². The number of hydrogen-bond donors (Lipinski definition) is 2. The summed E-state index contributed by atoms with van der Waals surface area (Å²) in [4.78, 5) is 0. The molecule has 2 nitrogen and oxygen atoms in total. The van der Waals surface area contributed by atoms with Crippen LogP contribution in [0.5, 0.6) is 5.75 Å². The highest BCUT2D eigenvalue weighted by Crippen LogP contribution is 2.10. The van der Waals surface area contributed by atoms with E-state index in [-0.39, 0.29) is 0 Å². The fraction of sp³-hybridized carbons (Fsp3) is 0.571. The van der Waals surface area contributed by atoms with E-state index in [1.165, 1.54) is 31.2 Å². The molecule has 1 aromatic rings. The quantitative estimate of drug-likeness (QED) is 0.739. The highest BCUT2D eigenvalue weighted by Gasteiger charge is 2.04. The van der Waals surface area contributed by atoms with Crippen LogP contribution in [0.3, 0.4) is 0 Å². The lowest BCUT2D eigenvalue weighted by Crippen LogP contribution is -2.27. The molecule has 0 aliphatic carbocycles. The van der Waals surface area contributed by atoms with Gasteiger partial charge in [-0.15, -0.1) is 0 Å². The van der Waals surface area contributed by atoms with Gasteiger partial charge < -0.3 is 10.4 Å². The van der Waals surface area contributed by atoms with Crippen LogP contribution in [-0.4, -0.2) is 11.1 Å². The van der Waals surface area contributed by atoms with Gasteiger partial charge in [0.05, 0.1) is 0 Å². The lowest BCUT2D eigenvalue weighted by Gasteiger charge is -2.16.